The van der Waals surface area contributed by atoms with Crippen LogP contribution in [-0.4, -0.2) is 44.3 Å². The van der Waals surface area contributed by atoms with Crippen molar-refractivity contribution in [2.75, 3.05) is 32.2 Å². The summed E-state index contributed by atoms with van der Waals surface area (Å²) in [7, 11) is 3.05. The van der Waals surface area contributed by atoms with E-state index in [0.717, 1.165) is 54.1 Å². The summed E-state index contributed by atoms with van der Waals surface area (Å²) in [5, 5.41) is 12.7. The number of halogens is 1. The van der Waals surface area contributed by atoms with E-state index in [1.54, 1.807) is 13.2 Å². The topological polar surface area (TPSA) is 88.1 Å². The lowest BCUT2D eigenvalue weighted by Gasteiger charge is -2.34. The second kappa shape index (κ2) is 12.3. The second-order valence-corrected chi connectivity index (χ2v) is 10.3. The number of rotatable bonds is 9. The predicted molar refractivity (Wildman–Crippen MR) is 152 cm³/mol. The van der Waals surface area contributed by atoms with E-state index in [1.165, 1.54) is 19.6 Å². The highest BCUT2D eigenvalue weighted by Gasteiger charge is 2.26. The first kappa shape index (κ1) is 27.5. The lowest BCUT2D eigenvalue weighted by Crippen LogP contribution is -2.35. The van der Waals surface area contributed by atoms with Crippen LogP contribution in [0.3, 0.4) is 0 Å². The number of hydrogen-bond donors (Lipinski definition) is 2. The monoisotopic (exact) mass is 580 g/mol. The number of carbonyl (C=O) groups excluding carboxylic acids is 1. The Balaban J connectivity index is 1.71. The molecule has 200 valence electrons. The van der Waals surface area contributed by atoms with Crippen LogP contribution < -0.4 is 19.7 Å². The zero-order valence-corrected chi connectivity index (χ0v) is 23.5. The third-order valence-electron chi connectivity index (χ3n) is 6.99. The molecule has 1 amide bonds. The zero-order valence-electron chi connectivity index (χ0n) is 21.9. The van der Waals surface area contributed by atoms with Gasteiger partial charge in [-0.15, -0.1) is 0 Å². The first-order chi connectivity index (χ1) is 18.3. The van der Waals surface area contributed by atoms with Crippen LogP contribution in [-0.2, 0) is 11.2 Å². The lowest BCUT2D eigenvalue weighted by molar-refractivity contribution is -0.120. The summed E-state index contributed by atoms with van der Waals surface area (Å²) in [6, 6.07) is 16.8. The van der Waals surface area contributed by atoms with Crippen LogP contribution in [0.5, 0.6) is 11.5 Å². The molecule has 0 bridgehead atoms. The highest BCUT2D eigenvalue weighted by molar-refractivity contribution is 9.10. The molecule has 2 N–H and O–H groups in total. The number of methoxy groups -OCH3 is 2. The van der Waals surface area contributed by atoms with Gasteiger partial charge in [-0.2, -0.15) is 0 Å². The van der Waals surface area contributed by atoms with Crippen molar-refractivity contribution in [3.8, 4) is 11.5 Å². The number of carboxylic acids is 1. The van der Waals surface area contributed by atoms with E-state index < -0.39 is 5.97 Å². The van der Waals surface area contributed by atoms with E-state index >= 15 is 0 Å². The second-order valence-electron chi connectivity index (χ2n) is 9.45. The lowest BCUT2D eigenvalue weighted by atomic mass is 9.91. The van der Waals surface area contributed by atoms with Crippen LogP contribution in [0.4, 0.5) is 5.69 Å². The van der Waals surface area contributed by atoms with Gasteiger partial charge in [0.2, 0.25) is 5.91 Å². The van der Waals surface area contributed by atoms with Gasteiger partial charge in [-0.05, 0) is 73.2 Å². The molecular formula is C30H33BrN2O5. The minimum atomic E-state index is -1.09. The Bertz CT molecular complexity index is 1300. The summed E-state index contributed by atoms with van der Waals surface area (Å²) in [5.41, 5.74) is 4.93. The molecule has 0 aliphatic carbocycles. The summed E-state index contributed by atoms with van der Waals surface area (Å²) < 4.78 is 11.2. The molecule has 1 atom stereocenters. The molecule has 1 fully saturated rings. The van der Waals surface area contributed by atoms with E-state index in [-0.39, 0.29) is 29.7 Å². The fourth-order valence-electron chi connectivity index (χ4n) is 5.02. The number of hydrogen-bond acceptors (Lipinski definition) is 5. The van der Waals surface area contributed by atoms with Gasteiger partial charge >= 0.3 is 5.97 Å². The summed E-state index contributed by atoms with van der Waals surface area (Å²) in [5.74, 6) is -0.330. The summed E-state index contributed by atoms with van der Waals surface area (Å²) >= 11 is 3.44. The highest BCUT2D eigenvalue weighted by Crippen LogP contribution is 2.36. The number of nitrogens with one attached hydrogen (secondary N) is 1. The molecular weight excluding hydrogens is 548 g/mol. The van der Waals surface area contributed by atoms with Crippen LogP contribution in [0.15, 0.2) is 59.1 Å². The van der Waals surface area contributed by atoms with E-state index in [1.807, 2.05) is 24.3 Å². The fourth-order valence-corrected chi connectivity index (χ4v) is 5.51. The average Bonchev–Trinajstić information content (AvgIpc) is 2.93. The van der Waals surface area contributed by atoms with Crippen LogP contribution in [0.25, 0.3) is 0 Å². The minimum Gasteiger partial charge on any atom is -0.497 e. The number of piperidine rings is 1. The summed E-state index contributed by atoms with van der Waals surface area (Å²) in [6.45, 7) is 4.06. The Hall–Kier alpha value is -3.52. The third kappa shape index (κ3) is 6.13. The molecule has 1 heterocycles. The maximum absolute atomic E-state index is 13.5. The normalized spacial score (nSPS) is 14.1. The van der Waals surface area contributed by atoms with Gasteiger partial charge in [0.1, 0.15) is 17.1 Å². The molecule has 3 aromatic rings. The molecule has 0 saturated carbocycles. The SMILES string of the molecule is COc1ccc(C(NC(=O)Cc2cc(OC)c(C(=O)O)cc2Br)c2c(C)cccc2N2CCCCC2)cc1. The Kier molecular flexibility index (Phi) is 8.94. The van der Waals surface area contributed by atoms with Gasteiger partial charge in [-0.1, -0.05) is 40.2 Å². The largest absolute Gasteiger partial charge is 0.497 e. The van der Waals surface area contributed by atoms with Gasteiger partial charge in [0.05, 0.1) is 26.7 Å². The molecule has 1 unspecified atom stereocenters. The van der Waals surface area contributed by atoms with Gasteiger partial charge in [-0.25, -0.2) is 4.79 Å². The number of anilines is 1. The van der Waals surface area contributed by atoms with Gasteiger partial charge in [0, 0.05) is 28.8 Å². The Morgan fingerprint density at radius 2 is 1.74 bits per heavy atom. The third-order valence-corrected chi connectivity index (χ3v) is 7.73. The number of carbonyl (C=O) groups is 2. The highest BCUT2D eigenvalue weighted by atomic mass is 79.9. The maximum atomic E-state index is 13.5. The number of benzene rings is 3. The molecule has 0 radical (unpaired) electrons. The van der Waals surface area contributed by atoms with Gasteiger partial charge in [0.25, 0.3) is 0 Å². The van der Waals surface area contributed by atoms with Gasteiger partial charge < -0.3 is 24.8 Å². The summed E-state index contributed by atoms with van der Waals surface area (Å²) in [6.07, 6.45) is 3.58. The number of amides is 1. The summed E-state index contributed by atoms with van der Waals surface area (Å²) in [4.78, 5) is 27.5. The Morgan fingerprint density at radius 3 is 2.37 bits per heavy atom. The van der Waals surface area contributed by atoms with Crippen molar-refractivity contribution >= 4 is 33.5 Å². The number of ether oxygens (including phenoxy) is 2. The Labute approximate surface area is 231 Å². The van der Waals surface area contributed by atoms with Crippen LogP contribution in [0, 0.1) is 6.92 Å². The molecule has 8 heteroatoms. The van der Waals surface area contributed by atoms with Crippen molar-refractivity contribution in [1.29, 1.82) is 0 Å². The van der Waals surface area contributed by atoms with Crippen molar-refractivity contribution < 1.29 is 24.2 Å². The number of carboxylic acid groups (broad SMARTS) is 1. The fraction of sp³-hybridized carbons (Fsp3) is 0.333. The molecule has 0 spiro atoms. The molecule has 38 heavy (non-hydrogen) atoms. The van der Waals surface area contributed by atoms with Crippen molar-refractivity contribution in [1.82, 2.24) is 5.32 Å². The number of nitrogens with zero attached hydrogens (tertiary/aromatic N) is 1. The molecule has 7 nitrogen and oxygen atoms in total. The zero-order chi connectivity index (χ0) is 27.2. The standard InChI is InChI=1S/C30H33BrN2O5/c1-19-8-7-9-25(33-14-5-4-6-15-33)28(19)29(20-10-12-22(37-2)13-11-20)32-27(34)17-21-16-26(38-3)23(30(35)36)18-24(21)31/h7-13,16,18,29H,4-6,14-15,17H2,1-3H3,(H,32,34)(H,35,36). The van der Waals surface area contributed by atoms with Crippen molar-refractivity contribution in [3.63, 3.8) is 0 Å². The molecule has 1 aliphatic heterocycles. The molecule has 1 aliphatic rings. The van der Waals surface area contributed by atoms with E-state index in [4.69, 9.17) is 9.47 Å². The van der Waals surface area contributed by atoms with E-state index in [9.17, 15) is 14.7 Å². The minimum absolute atomic E-state index is 0.0331. The van der Waals surface area contributed by atoms with E-state index in [2.05, 4.69) is 51.3 Å². The Morgan fingerprint density at radius 1 is 1.03 bits per heavy atom. The van der Waals surface area contributed by atoms with Crippen LogP contribution in [0.2, 0.25) is 0 Å². The van der Waals surface area contributed by atoms with Gasteiger partial charge in [-0.3, -0.25) is 4.79 Å². The van der Waals surface area contributed by atoms with Crippen molar-refractivity contribution in [2.24, 2.45) is 0 Å². The van der Waals surface area contributed by atoms with Crippen LogP contribution >= 0.6 is 15.9 Å². The average molecular weight is 582 g/mol. The van der Waals surface area contributed by atoms with Crippen molar-refractivity contribution in [3.05, 3.63) is 86.9 Å². The van der Waals surface area contributed by atoms with E-state index in [0.29, 0.717) is 10.0 Å². The molecule has 3 aromatic carbocycles. The first-order valence-electron chi connectivity index (χ1n) is 12.7. The number of aryl methyl sites for hydroxylation is 1. The van der Waals surface area contributed by atoms with Crippen molar-refractivity contribution in [2.45, 2.75) is 38.6 Å². The smallest absolute Gasteiger partial charge is 0.339 e. The van der Waals surface area contributed by atoms with Crippen LogP contribution in [0.1, 0.15) is 57.9 Å². The quantitative estimate of drug-likeness (QED) is 0.327. The molecule has 0 aromatic heterocycles. The number of aromatic carboxylic acids is 1. The molecule has 1 saturated heterocycles. The predicted octanol–water partition coefficient (Wildman–Crippen LogP) is 5.91. The maximum Gasteiger partial charge on any atom is 0.339 e. The van der Waals surface area contributed by atoms with Gasteiger partial charge in [0.15, 0.2) is 0 Å². The molecule has 4 rings (SSSR count). The first-order valence-corrected chi connectivity index (χ1v) is 13.5.